The number of benzene rings is 2. The molecule has 0 saturated carbocycles. The summed E-state index contributed by atoms with van der Waals surface area (Å²) in [5.41, 5.74) is 3.69. The van der Waals surface area contributed by atoms with Gasteiger partial charge in [0.05, 0.1) is 23.8 Å². The fraction of sp³-hybridized carbons (Fsp3) is 0.167. The minimum Gasteiger partial charge on any atom is -0.265 e. The molecule has 0 saturated heterocycles. The molecule has 3 aromatic rings. The van der Waals surface area contributed by atoms with Crippen LogP contribution in [0.1, 0.15) is 11.1 Å². The molecule has 0 atom stereocenters. The zero-order valence-corrected chi connectivity index (χ0v) is 14.1. The van der Waals surface area contributed by atoms with E-state index in [9.17, 15) is 8.42 Å². The van der Waals surface area contributed by atoms with Crippen molar-refractivity contribution in [2.45, 2.75) is 18.2 Å². The van der Waals surface area contributed by atoms with E-state index in [1.807, 2.05) is 55.5 Å². The van der Waals surface area contributed by atoms with Gasteiger partial charge in [-0.05, 0) is 36.6 Å². The van der Waals surface area contributed by atoms with Gasteiger partial charge in [0.15, 0.2) is 0 Å². The Kier molecular flexibility index (Phi) is 3.42. The van der Waals surface area contributed by atoms with Crippen molar-refractivity contribution in [2.24, 2.45) is 0 Å². The van der Waals surface area contributed by atoms with Gasteiger partial charge < -0.3 is 0 Å². The van der Waals surface area contributed by atoms with Gasteiger partial charge >= 0.3 is 0 Å². The first-order valence-corrected chi connectivity index (χ1v) is 9.23. The Balaban J connectivity index is 1.75. The van der Waals surface area contributed by atoms with E-state index in [1.54, 1.807) is 10.9 Å². The Morgan fingerprint density at radius 1 is 1.04 bits per heavy atom. The molecule has 2 heterocycles. The molecule has 0 N–H and O–H groups in total. The molecule has 0 amide bonds. The number of sulfonamides is 1. The highest BCUT2D eigenvalue weighted by Crippen LogP contribution is 2.35. The third kappa shape index (κ3) is 2.30. The summed E-state index contributed by atoms with van der Waals surface area (Å²) in [5.74, 6) is 0. The van der Waals surface area contributed by atoms with E-state index in [0.29, 0.717) is 6.54 Å². The van der Waals surface area contributed by atoms with Crippen LogP contribution < -0.4 is 4.31 Å². The largest absolute Gasteiger partial charge is 0.267 e. The summed E-state index contributed by atoms with van der Waals surface area (Å²) in [6.45, 7) is 2.42. The molecular formula is C18H17N3O2S. The van der Waals surface area contributed by atoms with Crippen molar-refractivity contribution < 1.29 is 8.42 Å². The predicted molar refractivity (Wildman–Crippen MR) is 93.0 cm³/mol. The Bertz CT molecular complexity index is 994. The molecule has 6 heteroatoms. The molecule has 0 fully saturated rings. The fourth-order valence-electron chi connectivity index (χ4n) is 3.14. The molecule has 0 radical (unpaired) electrons. The Labute approximate surface area is 141 Å². The highest BCUT2D eigenvalue weighted by Gasteiger charge is 2.32. The molecule has 0 spiro atoms. The van der Waals surface area contributed by atoms with Crippen molar-refractivity contribution >= 4 is 15.7 Å². The fourth-order valence-corrected chi connectivity index (χ4v) is 4.64. The van der Waals surface area contributed by atoms with Gasteiger partial charge in [0.2, 0.25) is 0 Å². The summed E-state index contributed by atoms with van der Waals surface area (Å²) in [4.78, 5) is 0.211. The lowest BCUT2D eigenvalue weighted by atomic mass is 10.1. The van der Waals surface area contributed by atoms with Gasteiger partial charge in [-0.2, -0.15) is 5.10 Å². The normalized spacial score (nSPS) is 14.0. The number of fused-ring (bicyclic) bond motifs is 1. The Morgan fingerprint density at radius 3 is 2.62 bits per heavy atom. The van der Waals surface area contributed by atoms with Crippen LogP contribution in [0.25, 0.3) is 5.69 Å². The van der Waals surface area contributed by atoms with Crippen molar-refractivity contribution in [2.75, 3.05) is 10.8 Å². The summed E-state index contributed by atoms with van der Waals surface area (Å²) in [7, 11) is -3.61. The van der Waals surface area contributed by atoms with Crippen LogP contribution in [0.2, 0.25) is 0 Å². The van der Waals surface area contributed by atoms with Crippen LogP contribution in [-0.2, 0) is 16.4 Å². The van der Waals surface area contributed by atoms with Crippen molar-refractivity contribution in [3.63, 3.8) is 0 Å². The molecule has 0 unspecified atom stereocenters. The summed E-state index contributed by atoms with van der Waals surface area (Å²) >= 11 is 0. The molecule has 1 aromatic heterocycles. The molecule has 122 valence electrons. The quantitative estimate of drug-likeness (QED) is 0.737. The molecule has 24 heavy (non-hydrogen) atoms. The predicted octanol–water partition coefficient (Wildman–Crippen LogP) is 2.93. The van der Waals surface area contributed by atoms with E-state index in [2.05, 4.69) is 5.10 Å². The van der Waals surface area contributed by atoms with E-state index < -0.39 is 10.0 Å². The average Bonchev–Trinajstić information content (AvgIpc) is 3.24. The number of anilines is 1. The maximum atomic E-state index is 13.1. The van der Waals surface area contributed by atoms with E-state index >= 15 is 0 Å². The second kappa shape index (κ2) is 5.49. The van der Waals surface area contributed by atoms with E-state index in [1.165, 1.54) is 10.5 Å². The average molecular weight is 339 g/mol. The number of aryl methyl sites for hydroxylation is 1. The monoisotopic (exact) mass is 339 g/mol. The number of aromatic nitrogens is 2. The van der Waals surface area contributed by atoms with Crippen LogP contribution in [0.15, 0.2) is 65.8 Å². The lowest BCUT2D eigenvalue weighted by molar-refractivity contribution is 0.592. The third-order valence-electron chi connectivity index (χ3n) is 4.32. The summed E-state index contributed by atoms with van der Waals surface area (Å²) in [6, 6.07) is 15.4. The first-order valence-electron chi connectivity index (χ1n) is 7.79. The highest BCUT2D eigenvalue weighted by atomic mass is 32.2. The van der Waals surface area contributed by atoms with Gasteiger partial charge in [-0.3, -0.25) is 4.31 Å². The molecule has 0 bridgehead atoms. The lowest BCUT2D eigenvalue weighted by Crippen LogP contribution is -2.29. The molecule has 1 aliphatic rings. The molecular weight excluding hydrogens is 322 g/mol. The summed E-state index contributed by atoms with van der Waals surface area (Å²) in [5, 5.41) is 4.21. The number of hydrogen-bond donors (Lipinski definition) is 0. The standard InChI is InChI=1S/C18H17N3O2S/c1-14-6-5-7-15-10-11-21(18(14)15)24(22,23)17-12-19-20(13-17)16-8-3-2-4-9-16/h2-9,12-13H,10-11H2,1H3. The third-order valence-corrected chi connectivity index (χ3v) is 6.07. The smallest absolute Gasteiger partial charge is 0.265 e. The molecule has 5 nitrogen and oxygen atoms in total. The van der Waals surface area contributed by atoms with Crippen LogP contribution in [0.4, 0.5) is 5.69 Å². The van der Waals surface area contributed by atoms with E-state index in [4.69, 9.17) is 0 Å². The zero-order chi connectivity index (χ0) is 16.7. The van der Waals surface area contributed by atoms with Crippen LogP contribution >= 0.6 is 0 Å². The number of rotatable bonds is 3. The van der Waals surface area contributed by atoms with Gasteiger partial charge in [-0.1, -0.05) is 36.4 Å². The van der Waals surface area contributed by atoms with Crippen molar-refractivity contribution in [1.82, 2.24) is 9.78 Å². The minimum atomic E-state index is -3.61. The van der Waals surface area contributed by atoms with Crippen molar-refractivity contribution in [1.29, 1.82) is 0 Å². The zero-order valence-electron chi connectivity index (χ0n) is 13.3. The van der Waals surface area contributed by atoms with Gasteiger partial charge in [0, 0.05) is 6.54 Å². The first-order chi connectivity index (χ1) is 11.6. The summed E-state index contributed by atoms with van der Waals surface area (Å²) in [6.07, 6.45) is 3.72. The van der Waals surface area contributed by atoms with E-state index in [0.717, 1.165) is 28.9 Å². The SMILES string of the molecule is Cc1cccc2c1N(S(=O)(=O)c1cnn(-c3ccccc3)c1)CC2. The minimum absolute atomic E-state index is 0.211. The molecule has 0 aliphatic carbocycles. The number of nitrogens with zero attached hydrogens (tertiary/aromatic N) is 3. The van der Waals surface area contributed by atoms with Gasteiger partial charge in [-0.25, -0.2) is 13.1 Å². The molecule has 4 rings (SSSR count). The maximum absolute atomic E-state index is 13.1. The first kappa shape index (κ1) is 15.0. The second-order valence-electron chi connectivity index (χ2n) is 5.87. The Hall–Kier alpha value is -2.60. The summed E-state index contributed by atoms with van der Waals surface area (Å²) < 4.78 is 29.2. The van der Waals surface area contributed by atoms with Crippen molar-refractivity contribution in [3.05, 3.63) is 72.1 Å². The number of para-hydroxylation sites is 2. The highest BCUT2D eigenvalue weighted by molar-refractivity contribution is 7.92. The molecule has 2 aromatic carbocycles. The van der Waals surface area contributed by atoms with Gasteiger partial charge in [-0.15, -0.1) is 0 Å². The van der Waals surface area contributed by atoms with Gasteiger partial charge in [0.25, 0.3) is 10.0 Å². The van der Waals surface area contributed by atoms with Crippen LogP contribution in [-0.4, -0.2) is 24.7 Å². The van der Waals surface area contributed by atoms with Gasteiger partial charge in [0.1, 0.15) is 4.90 Å². The maximum Gasteiger partial charge on any atom is 0.267 e. The van der Waals surface area contributed by atoms with Crippen LogP contribution in [0.3, 0.4) is 0 Å². The van der Waals surface area contributed by atoms with E-state index in [-0.39, 0.29) is 4.90 Å². The van der Waals surface area contributed by atoms with Crippen molar-refractivity contribution in [3.8, 4) is 5.69 Å². The van der Waals surface area contributed by atoms with Crippen LogP contribution in [0.5, 0.6) is 0 Å². The topological polar surface area (TPSA) is 55.2 Å². The molecule has 1 aliphatic heterocycles. The Morgan fingerprint density at radius 2 is 1.83 bits per heavy atom. The lowest BCUT2D eigenvalue weighted by Gasteiger charge is -2.20. The van der Waals surface area contributed by atoms with Crippen LogP contribution in [0, 0.1) is 6.92 Å². The second-order valence-corrected chi connectivity index (χ2v) is 7.73. The number of hydrogen-bond acceptors (Lipinski definition) is 3.